The minimum Gasteiger partial charge on any atom is -0.369 e. The summed E-state index contributed by atoms with van der Waals surface area (Å²) < 4.78 is 27.8. The van der Waals surface area contributed by atoms with E-state index in [0.717, 1.165) is 60.8 Å². The highest BCUT2D eigenvalue weighted by Gasteiger charge is 2.18. The topological polar surface area (TPSA) is 65.5 Å². The molecule has 6 nitrogen and oxygen atoms in total. The Morgan fingerprint density at radius 2 is 1.77 bits per heavy atom. The number of piperazine rings is 1. The van der Waals surface area contributed by atoms with Crippen LogP contribution in [0.4, 0.5) is 5.69 Å². The number of sulfonamides is 1. The van der Waals surface area contributed by atoms with Gasteiger partial charge in [0.25, 0.3) is 0 Å². The third-order valence-corrected chi connectivity index (χ3v) is 7.03. The van der Waals surface area contributed by atoms with E-state index < -0.39 is 10.0 Å². The summed E-state index contributed by atoms with van der Waals surface area (Å²) in [4.78, 5) is 9.15. The normalized spacial score (nSPS) is 15.1. The first-order valence-electron chi connectivity index (χ1n) is 10.1. The zero-order valence-corrected chi connectivity index (χ0v) is 19.5. The lowest BCUT2D eigenvalue weighted by Gasteiger charge is -2.36. The first-order valence-corrected chi connectivity index (χ1v) is 11.9. The van der Waals surface area contributed by atoms with Gasteiger partial charge in [0, 0.05) is 55.0 Å². The van der Waals surface area contributed by atoms with Crippen LogP contribution >= 0.6 is 24.0 Å². The summed E-state index contributed by atoms with van der Waals surface area (Å²) in [6.07, 6.45) is 2.18. The Balaban J connectivity index is 0.00000272. The maximum Gasteiger partial charge on any atom is 0.242 e. The van der Waals surface area contributed by atoms with Crippen molar-refractivity contribution in [1.82, 2.24) is 14.6 Å². The first-order chi connectivity index (χ1) is 14.5. The molecule has 0 saturated carbocycles. The Kier molecular flexibility index (Phi) is 8.13. The molecule has 1 saturated heterocycles. The van der Waals surface area contributed by atoms with Crippen LogP contribution in [0.2, 0.25) is 5.02 Å². The molecule has 0 aliphatic carbocycles. The molecule has 4 rings (SSSR count). The Bertz CT molecular complexity index is 1120. The highest BCUT2D eigenvalue weighted by atomic mass is 35.5. The first kappa shape index (κ1) is 23.8. The van der Waals surface area contributed by atoms with E-state index >= 15 is 0 Å². The molecule has 1 N–H and O–H groups in total. The van der Waals surface area contributed by atoms with Crippen molar-refractivity contribution in [3.63, 3.8) is 0 Å². The van der Waals surface area contributed by atoms with E-state index in [1.165, 1.54) is 6.20 Å². The van der Waals surface area contributed by atoms with Crippen LogP contribution in [0.15, 0.2) is 65.7 Å². The molecular formula is C22H26Cl2N4O2S. The molecule has 2 heterocycles. The fourth-order valence-corrected chi connectivity index (χ4v) is 4.93. The van der Waals surface area contributed by atoms with Crippen LogP contribution in [0.1, 0.15) is 6.42 Å². The Hall–Kier alpha value is -1.90. The SMILES string of the molecule is Cl.O=S(=O)(NCCCN1CCN(c2cccc(Cl)c2)CC1)c1cnc2ccccc2c1. The molecule has 1 aliphatic heterocycles. The maximum atomic E-state index is 12.6. The largest absolute Gasteiger partial charge is 0.369 e. The van der Waals surface area contributed by atoms with Gasteiger partial charge in [-0.1, -0.05) is 35.9 Å². The zero-order chi connectivity index (χ0) is 21.0. The molecule has 1 aliphatic rings. The van der Waals surface area contributed by atoms with Gasteiger partial charge in [-0.3, -0.25) is 9.88 Å². The number of nitrogens with zero attached hydrogens (tertiary/aromatic N) is 3. The van der Waals surface area contributed by atoms with Gasteiger partial charge in [-0.05, 0) is 43.3 Å². The van der Waals surface area contributed by atoms with Crippen molar-refractivity contribution in [2.75, 3.05) is 44.2 Å². The van der Waals surface area contributed by atoms with E-state index in [1.54, 1.807) is 6.07 Å². The van der Waals surface area contributed by atoms with Crippen LogP contribution in [0.5, 0.6) is 0 Å². The van der Waals surface area contributed by atoms with Crippen molar-refractivity contribution >= 4 is 50.6 Å². The summed E-state index contributed by atoms with van der Waals surface area (Å²) in [7, 11) is -3.56. The fourth-order valence-electron chi connectivity index (χ4n) is 3.69. The van der Waals surface area contributed by atoms with Crippen molar-refractivity contribution in [2.24, 2.45) is 0 Å². The van der Waals surface area contributed by atoms with Crippen molar-refractivity contribution in [2.45, 2.75) is 11.3 Å². The molecule has 1 aromatic heterocycles. The predicted octanol–water partition coefficient (Wildman–Crippen LogP) is 3.80. The zero-order valence-electron chi connectivity index (χ0n) is 17.1. The summed E-state index contributed by atoms with van der Waals surface area (Å²) in [5.41, 5.74) is 1.94. The highest BCUT2D eigenvalue weighted by Crippen LogP contribution is 2.21. The Labute approximate surface area is 194 Å². The smallest absolute Gasteiger partial charge is 0.242 e. The second-order valence-electron chi connectivity index (χ2n) is 7.42. The van der Waals surface area contributed by atoms with Gasteiger partial charge < -0.3 is 4.90 Å². The maximum absolute atomic E-state index is 12.6. The number of anilines is 1. The van der Waals surface area contributed by atoms with Gasteiger partial charge in [-0.2, -0.15) is 0 Å². The van der Waals surface area contributed by atoms with Crippen molar-refractivity contribution in [3.8, 4) is 0 Å². The number of nitrogens with one attached hydrogen (secondary N) is 1. The molecule has 2 aromatic carbocycles. The standard InChI is InChI=1S/C22H25ClN4O2S.ClH/c23-19-6-3-7-20(16-19)27-13-11-26(12-14-27)10-4-9-25-30(28,29)21-15-18-5-1-2-8-22(18)24-17-21;/h1-3,5-8,15-17,25H,4,9-14H2;1H. The van der Waals surface area contributed by atoms with Gasteiger partial charge >= 0.3 is 0 Å². The minimum atomic E-state index is -3.56. The summed E-state index contributed by atoms with van der Waals surface area (Å²) in [6.45, 7) is 5.05. The number of hydrogen-bond donors (Lipinski definition) is 1. The van der Waals surface area contributed by atoms with E-state index in [0.29, 0.717) is 6.54 Å². The molecule has 0 amide bonds. The number of pyridine rings is 1. The number of fused-ring (bicyclic) bond motifs is 1. The lowest BCUT2D eigenvalue weighted by atomic mass is 10.2. The van der Waals surface area contributed by atoms with Crippen LogP contribution in [-0.4, -0.2) is 57.6 Å². The molecule has 31 heavy (non-hydrogen) atoms. The van der Waals surface area contributed by atoms with Gasteiger partial charge in [0.2, 0.25) is 10.0 Å². The van der Waals surface area contributed by atoms with Crippen LogP contribution in [0.3, 0.4) is 0 Å². The van der Waals surface area contributed by atoms with E-state index in [9.17, 15) is 8.42 Å². The van der Waals surface area contributed by atoms with E-state index in [1.807, 2.05) is 42.5 Å². The predicted molar refractivity (Wildman–Crippen MR) is 129 cm³/mol. The van der Waals surface area contributed by atoms with Crippen LogP contribution < -0.4 is 9.62 Å². The molecule has 0 bridgehead atoms. The van der Waals surface area contributed by atoms with Crippen molar-refractivity contribution < 1.29 is 8.42 Å². The molecule has 166 valence electrons. The third kappa shape index (κ3) is 6.08. The average Bonchev–Trinajstić information content (AvgIpc) is 2.77. The van der Waals surface area contributed by atoms with Crippen molar-refractivity contribution in [1.29, 1.82) is 0 Å². The van der Waals surface area contributed by atoms with Crippen LogP contribution in [-0.2, 0) is 10.0 Å². The number of benzene rings is 2. The van der Waals surface area contributed by atoms with E-state index in [2.05, 4.69) is 25.6 Å². The van der Waals surface area contributed by atoms with Gasteiger partial charge in [0.05, 0.1) is 5.52 Å². The summed E-state index contributed by atoms with van der Waals surface area (Å²) in [5.74, 6) is 0. The number of halogens is 2. The number of para-hydroxylation sites is 1. The fraction of sp³-hybridized carbons (Fsp3) is 0.318. The Morgan fingerprint density at radius 1 is 1.00 bits per heavy atom. The molecule has 0 atom stereocenters. The second kappa shape index (κ2) is 10.6. The lowest BCUT2D eigenvalue weighted by molar-refractivity contribution is 0.255. The van der Waals surface area contributed by atoms with Crippen LogP contribution in [0, 0.1) is 0 Å². The Morgan fingerprint density at radius 3 is 2.55 bits per heavy atom. The highest BCUT2D eigenvalue weighted by molar-refractivity contribution is 7.89. The molecule has 1 fully saturated rings. The average molecular weight is 481 g/mol. The monoisotopic (exact) mass is 480 g/mol. The van der Waals surface area contributed by atoms with Gasteiger partial charge in [-0.15, -0.1) is 12.4 Å². The van der Waals surface area contributed by atoms with Gasteiger partial charge in [0.15, 0.2) is 0 Å². The summed E-state index contributed by atoms with van der Waals surface area (Å²) in [5, 5.41) is 1.57. The number of rotatable bonds is 7. The van der Waals surface area contributed by atoms with Gasteiger partial charge in [0.1, 0.15) is 4.90 Å². The third-order valence-electron chi connectivity index (χ3n) is 5.36. The molecule has 3 aromatic rings. The summed E-state index contributed by atoms with van der Waals surface area (Å²) in [6, 6.07) is 17.1. The summed E-state index contributed by atoms with van der Waals surface area (Å²) >= 11 is 6.09. The quantitative estimate of drug-likeness (QED) is 0.520. The molecule has 0 radical (unpaired) electrons. The van der Waals surface area contributed by atoms with Crippen LogP contribution in [0.25, 0.3) is 10.9 Å². The molecule has 9 heteroatoms. The lowest BCUT2D eigenvalue weighted by Crippen LogP contribution is -2.47. The molecule has 0 unspecified atom stereocenters. The number of aromatic nitrogens is 1. The molecule has 0 spiro atoms. The van der Waals surface area contributed by atoms with Crippen molar-refractivity contribution in [3.05, 3.63) is 65.8 Å². The van der Waals surface area contributed by atoms with E-state index in [-0.39, 0.29) is 17.3 Å². The van der Waals surface area contributed by atoms with E-state index in [4.69, 9.17) is 11.6 Å². The molecular weight excluding hydrogens is 455 g/mol. The second-order valence-corrected chi connectivity index (χ2v) is 9.63. The van der Waals surface area contributed by atoms with Gasteiger partial charge in [-0.25, -0.2) is 13.1 Å². The number of hydrogen-bond acceptors (Lipinski definition) is 5. The minimum absolute atomic E-state index is 0.